The molecule has 0 radical (unpaired) electrons. The molecule has 0 amide bonds. The van der Waals surface area contributed by atoms with Gasteiger partial charge in [0.2, 0.25) is 0 Å². The molecule has 2 atom stereocenters. The first kappa shape index (κ1) is 15.3. The third-order valence-electron chi connectivity index (χ3n) is 4.93. The van der Waals surface area contributed by atoms with E-state index in [2.05, 4.69) is 36.0 Å². The lowest BCUT2D eigenvalue weighted by Crippen LogP contribution is -2.48. The summed E-state index contributed by atoms with van der Waals surface area (Å²) >= 11 is 0. The van der Waals surface area contributed by atoms with E-state index in [0.29, 0.717) is 0 Å². The molecule has 3 nitrogen and oxygen atoms in total. The third-order valence-corrected chi connectivity index (χ3v) is 4.93. The van der Waals surface area contributed by atoms with E-state index in [1.807, 2.05) is 0 Å². The molecule has 0 spiro atoms. The molecular formula is C16H33N3. The highest BCUT2D eigenvalue weighted by molar-refractivity contribution is 4.83. The van der Waals surface area contributed by atoms with Crippen LogP contribution in [-0.4, -0.2) is 62.2 Å². The number of nitrogens with one attached hydrogen (secondary N) is 1. The zero-order valence-corrected chi connectivity index (χ0v) is 13.2. The Morgan fingerprint density at radius 1 is 1.05 bits per heavy atom. The van der Waals surface area contributed by atoms with Crippen LogP contribution in [0.5, 0.6) is 0 Å². The largest absolute Gasteiger partial charge is 0.317 e. The molecule has 19 heavy (non-hydrogen) atoms. The number of piperazine rings is 1. The molecular weight excluding hydrogens is 234 g/mol. The van der Waals surface area contributed by atoms with Crippen molar-refractivity contribution in [2.24, 2.45) is 11.8 Å². The van der Waals surface area contributed by atoms with Gasteiger partial charge in [-0.25, -0.2) is 0 Å². The molecule has 2 fully saturated rings. The second kappa shape index (κ2) is 7.61. The maximum Gasteiger partial charge on any atom is 0.0110 e. The molecule has 2 unspecified atom stereocenters. The van der Waals surface area contributed by atoms with E-state index in [0.717, 1.165) is 17.9 Å². The van der Waals surface area contributed by atoms with Gasteiger partial charge in [0, 0.05) is 38.8 Å². The van der Waals surface area contributed by atoms with Gasteiger partial charge in [0.15, 0.2) is 0 Å². The minimum absolute atomic E-state index is 0.794. The topological polar surface area (TPSA) is 18.5 Å². The Hall–Kier alpha value is -0.120. The Labute approximate surface area is 119 Å². The van der Waals surface area contributed by atoms with E-state index < -0.39 is 0 Å². The fourth-order valence-corrected chi connectivity index (χ4v) is 3.82. The van der Waals surface area contributed by atoms with Gasteiger partial charge in [-0.05, 0) is 44.7 Å². The second-order valence-electron chi connectivity index (χ2n) is 6.91. The molecule has 3 heteroatoms. The molecule has 112 valence electrons. The fraction of sp³-hybridized carbons (Fsp3) is 1.00. The van der Waals surface area contributed by atoms with Gasteiger partial charge >= 0.3 is 0 Å². The monoisotopic (exact) mass is 267 g/mol. The smallest absolute Gasteiger partial charge is 0.0110 e. The predicted octanol–water partition coefficient (Wildman–Crippen LogP) is 2.04. The molecule has 0 aromatic heterocycles. The molecule has 0 aromatic carbocycles. The maximum atomic E-state index is 3.50. The van der Waals surface area contributed by atoms with Crippen LogP contribution in [0.4, 0.5) is 0 Å². The van der Waals surface area contributed by atoms with E-state index in [-0.39, 0.29) is 0 Å². The minimum Gasteiger partial charge on any atom is -0.317 e. The van der Waals surface area contributed by atoms with Crippen molar-refractivity contribution in [2.45, 2.75) is 45.6 Å². The summed E-state index contributed by atoms with van der Waals surface area (Å²) in [5.41, 5.74) is 0. The summed E-state index contributed by atoms with van der Waals surface area (Å²) in [5.74, 6) is 1.74. The average Bonchev–Trinajstić information content (AvgIpc) is 2.84. The summed E-state index contributed by atoms with van der Waals surface area (Å²) in [4.78, 5) is 5.31. The van der Waals surface area contributed by atoms with Gasteiger partial charge in [-0.3, -0.25) is 0 Å². The van der Waals surface area contributed by atoms with Gasteiger partial charge < -0.3 is 15.1 Å². The second-order valence-corrected chi connectivity index (χ2v) is 6.91. The van der Waals surface area contributed by atoms with Crippen LogP contribution in [0.25, 0.3) is 0 Å². The highest BCUT2D eigenvalue weighted by atomic mass is 15.3. The Kier molecular flexibility index (Phi) is 6.11. The lowest BCUT2D eigenvalue weighted by Gasteiger charge is -2.36. The SMILES string of the molecule is CNC1CCCC1CCN1CCN(CC(C)C)CC1. The summed E-state index contributed by atoms with van der Waals surface area (Å²) in [7, 11) is 2.13. The van der Waals surface area contributed by atoms with Crippen LogP contribution in [0.15, 0.2) is 0 Å². The van der Waals surface area contributed by atoms with E-state index in [9.17, 15) is 0 Å². The van der Waals surface area contributed by atoms with Crippen LogP contribution in [0, 0.1) is 11.8 Å². The van der Waals surface area contributed by atoms with Crippen molar-refractivity contribution in [3.05, 3.63) is 0 Å². The molecule has 1 saturated carbocycles. The van der Waals surface area contributed by atoms with Gasteiger partial charge in [-0.1, -0.05) is 20.3 Å². The van der Waals surface area contributed by atoms with E-state index in [1.54, 1.807) is 0 Å². The summed E-state index contributed by atoms with van der Waals surface area (Å²) in [5, 5.41) is 3.50. The van der Waals surface area contributed by atoms with E-state index >= 15 is 0 Å². The first-order valence-corrected chi connectivity index (χ1v) is 8.31. The summed E-state index contributed by atoms with van der Waals surface area (Å²) in [6.07, 6.45) is 5.66. The van der Waals surface area contributed by atoms with Crippen LogP contribution >= 0.6 is 0 Å². The number of hydrogen-bond acceptors (Lipinski definition) is 3. The quantitative estimate of drug-likeness (QED) is 0.794. The number of rotatable bonds is 6. The fourth-order valence-electron chi connectivity index (χ4n) is 3.82. The molecule has 0 aromatic rings. The molecule has 1 aliphatic carbocycles. The van der Waals surface area contributed by atoms with Gasteiger partial charge in [0.1, 0.15) is 0 Å². The normalized spacial score (nSPS) is 30.3. The van der Waals surface area contributed by atoms with Crippen LogP contribution in [0.1, 0.15) is 39.5 Å². The van der Waals surface area contributed by atoms with Crippen molar-refractivity contribution in [1.29, 1.82) is 0 Å². The minimum atomic E-state index is 0.794. The van der Waals surface area contributed by atoms with Crippen molar-refractivity contribution in [3.8, 4) is 0 Å². The average molecular weight is 267 g/mol. The lowest BCUT2D eigenvalue weighted by molar-refractivity contribution is 0.116. The lowest BCUT2D eigenvalue weighted by atomic mass is 9.99. The van der Waals surface area contributed by atoms with E-state index in [4.69, 9.17) is 0 Å². The zero-order valence-electron chi connectivity index (χ0n) is 13.2. The molecule has 1 aliphatic heterocycles. The van der Waals surface area contributed by atoms with Crippen molar-refractivity contribution in [3.63, 3.8) is 0 Å². The van der Waals surface area contributed by atoms with Gasteiger partial charge in [0.25, 0.3) is 0 Å². The van der Waals surface area contributed by atoms with Gasteiger partial charge in [0.05, 0.1) is 0 Å². The summed E-state index contributed by atoms with van der Waals surface area (Å²) in [6, 6.07) is 0.794. The maximum absolute atomic E-state index is 3.50. The Bertz CT molecular complexity index is 246. The Morgan fingerprint density at radius 2 is 1.74 bits per heavy atom. The summed E-state index contributed by atoms with van der Waals surface area (Å²) in [6.45, 7) is 12.4. The molecule has 0 bridgehead atoms. The third kappa shape index (κ3) is 4.73. The highest BCUT2D eigenvalue weighted by Gasteiger charge is 2.26. The van der Waals surface area contributed by atoms with Crippen LogP contribution in [0.2, 0.25) is 0 Å². The van der Waals surface area contributed by atoms with Crippen molar-refractivity contribution in [2.75, 3.05) is 46.3 Å². The van der Waals surface area contributed by atoms with Gasteiger partial charge in [-0.2, -0.15) is 0 Å². The van der Waals surface area contributed by atoms with Crippen LogP contribution < -0.4 is 5.32 Å². The van der Waals surface area contributed by atoms with Gasteiger partial charge in [-0.15, -0.1) is 0 Å². The first-order chi connectivity index (χ1) is 9.19. The molecule has 1 heterocycles. The van der Waals surface area contributed by atoms with Crippen LogP contribution in [-0.2, 0) is 0 Å². The molecule has 1 saturated heterocycles. The van der Waals surface area contributed by atoms with Crippen LogP contribution in [0.3, 0.4) is 0 Å². The molecule has 2 aliphatic rings. The van der Waals surface area contributed by atoms with E-state index in [1.165, 1.54) is 65.0 Å². The van der Waals surface area contributed by atoms with Crippen molar-refractivity contribution < 1.29 is 0 Å². The molecule has 2 rings (SSSR count). The molecule has 1 N–H and O–H groups in total. The van der Waals surface area contributed by atoms with Crippen molar-refractivity contribution in [1.82, 2.24) is 15.1 Å². The Balaban J connectivity index is 1.63. The highest BCUT2D eigenvalue weighted by Crippen LogP contribution is 2.28. The van der Waals surface area contributed by atoms with Crippen molar-refractivity contribution >= 4 is 0 Å². The summed E-state index contributed by atoms with van der Waals surface area (Å²) < 4.78 is 0. The predicted molar refractivity (Wildman–Crippen MR) is 82.5 cm³/mol. The zero-order chi connectivity index (χ0) is 13.7. The Morgan fingerprint density at radius 3 is 2.37 bits per heavy atom. The standard InChI is InChI=1S/C16H33N3/c1-14(2)13-19-11-9-18(10-12-19)8-7-15-5-4-6-16(15)17-3/h14-17H,4-13H2,1-3H3. The number of nitrogens with zero attached hydrogens (tertiary/aromatic N) is 2. The number of hydrogen-bond donors (Lipinski definition) is 1. The first-order valence-electron chi connectivity index (χ1n) is 8.31.